The molecule has 0 unspecified atom stereocenters. The number of hydrogen-bond donors (Lipinski definition) is 1. The fourth-order valence-electron chi connectivity index (χ4n) is 7.32. The molecule has 0 radical (unpaired) electrons. The van der Waals surface area contributed by atoms with Gasteiger partial charge in [-0.1, -0.05) is 33.6 Å². The maximum atomic E-state index is 14.1. The van der Waals surface area contributed by atoms with Crippen molar-refractivity contribution in [3.8, 4) is 11.5 Å². The van der Waals surface area contributed by atoms with E-state index in [-0.39, 0.29) is 35.0 Å². The number of hydrogen-bond acceptors (Lipinski definition) is 6. The molecule has 0 bridgehead atoms. The van der Waals surface area contributed by atoms with Gasteiger partial charge in [0.15, 0.2) is 21.2 Å². The summed E-state index contributed by atoms with van der Waals surface area (Å²) in [5, 5.41) is 10.2. The molecule has 6 atom stereocenters. The van der Waals surface area contributed by atoms with E-state index in [4.69, 9.17) is 27.9 Å². The summed E-state index contributed by atoms with van der Waals surface area (Å²) >= 11 is 17.3. The van der Waals surface area contributed by atoms with Crippen LogP contribution in [0.25, 0.3) is 0 Å². The molecule has 2 aromatic carbocycles. The summed E-state index contributed by atoms with van der Waals surface area (Å²) in [6.45, 7) is 0. The molecule has 1 saturated carbocycles. The van der Waals surface area contributed by atoms with Gasteiger partial charge in [-0.15, -0.1) is 23.2 Å². The molecule has 0 spiro atoms. The first-order valence-corrected chi connectivity index (χ1v) is 15.7. The lowest BCUT2D eigenvalue weighted by Gasteiger charge is -2.50. The summed E-state index contributed by atoms with van der Waals surface area (Å²) in [4.78, 5) is 52.0. The highest BCUT2D eigenvalue weighted by Gasteiger charge is 2.76. The van der Waals surface area contributed by atoms with E-state index < -0.39 is 92.6 Å². The van der Waals surface area contributed by atoms with E-state index in [0.717, 1.165) is 4.90 Å². The minimum Gasteiger partial charge on any atom is -0.504 e. The van der Waals surface area contributed by atoms with Crippen LogP contribution in [0.3, 0.4) is 0 Å². The third-order valence-corrected chi connectivity index (χ3v) is 11.3. The standard InChI is InChI=1S/C30H21BrCl2F6N2O6/c1-47-20-6-12(2-5-19(20)42)22-16-3-4-17-21(18(16)10-27(32)25(45)40(11-31)26(46)28(22,27)33)24(44)41(23(17)43)15-8-13(29(34,35)36)7-14(9-15)30(37,38)39/h2-3,5-9,17-18,21-22,42H,4,10-11H2,1H3/t17-,18+,21-,22-,27+,28-/m0/s1. The zero-order valence-electron chi connectivity index (χ0n) is 23.8. The lowest BCUT2D eigenvalue weighted by Crippen LogP contribution is -2.60. The molecule has 8 nitrogen and oxygen atoms in total. The number of nitrogens with zero attached hydrogens (tertiary/aromatic N) is 2. The number of amides is 4. The summed E-state index contributed by atoms with van der Waals surface area (Å²) in [5.41, 5.74) is -4.09. The molecule has 2 saturated heterocycles. The lowest BCUT2D eigenvalue weighted by atomic mass is 9.56. The second kappa shape index (κ2) is 10.9. The number of phenolic OH excluding ortho intramolecular Hbond substituents is 1. The topological polar surface area (TPSA) is 104 Å². The molecule has 2 heterocycles. The molecule has 2 aliphatic carbocycles. The van der Waals surface area contributed by atoms with Crippen molar-refractivity contribution >= 4 is 68.4 Å². The Morgan fingerprint density at radius 1 is 0.936 bits per heavy atom. The van der Waals surface area contributed by atoms with Crippen LogP contribution in [0.15, 0.2) is 48.0 Å². The third kappa shape index (κ3) is 4.70. The maximum Gasteiger partial charge on any atom is 0.416 e. The molecular formula is C30H21BrCl2F6N2O6. The first-order valence-electron chi connectivity index (χ1n) is 13.9. The number of anilines is 1. The fraction of sp³-hybridized carbons (Fsp3) is 0.400. The van der Waals surface area contributed by atoms with Gasteiger partial charge in [0.25, 0.3) is 11.8 Å². The van der Waals surface area contributed by atoms with Crippen molar-refractivity contribution in [1.82, 2.24) is 4.90 Å². The zero-order valence-corrected chi connectivity index (χ0v) is 26.9. The Morgan fingerprint density at radius 2 is 1.55 bits per heavy atom. The van der Waals surface area contributed by atoms with Gasteiger partial charge >= 0.3 is 12.4 Å². The molecule has 3 fully saturated rings. The number of halogens is 9. The number of fused-ring (bicyclic) bond motifs is 4. The number of carbonyl (C=O) groups is 4. The molecule has 47 heavy (non-hydrogen) atoms. The van der Waals surface area contributed by atoms with Gasteiger partial charge in [0.2, 0.25) is 11.8 Å². The monoisotopic (exact) mass is 768 g/mol. The fourth-order valence-corrected chi connectivity index (χ4v) is 8.75. The Kier molecular flexibility index (Phi) is 7.76. The number of aromatic hydroxyl groups is 1. The molecule has 2 aromatic rings. The third-order valence-electron chi connectivity index (χ3n) is 9.38. The van der Waals surface area contributed by atoms with Crippen LogP contribution in [-0.2, 0) is 31.5 Å². The highest BCUT2D eigenvalue weighted by Crippen LogP contribution is 2.66. The summed E-state index contributed by atoms with van der Waals surface area (Å²) < 4.78 is 87.2. The predicted molar refractivity (Wildman–Crippen MR) is 157 cm³/mol. The summed E-state index contributed by atoms with van der Waals surface area (Å²) in [7, 11) is 1.27. The van der Waals surface area contributed by atoms with Gasteiger partial charge in [0.05, 0.1) is 41.2 Å². The number of methoxy groups -OCH3 is 1. The summed E-state index contributed by atoms with van der Waals surface area (Å²) in [6, 6.07) is 4.49. The van der Waals surface area contributed by atoms with E-state index in [1.54, 1.807) is 0 Å². The Labute approximate surface area is 280 Å². The Bertz CT molecular complexity index is 1750. The van der Waals surface area contributed by atoms with Crippen molar-refractivity contribution in [3.63, 3.8) is 0 Å². The molecular weight excluding hydrogens is 749 g/mol. The second-order valence-corrected chi connectivity index (χ2v) is 13.4. The van der Waals surface area contributed by atoms with Gasteiger partial charge in [-0.25, -0.2) is 4.90 Å². The van der Waals surface area contributed by atoms with Gasteiger partial charge in [-0.05, 0) is 54.7 Å². The van der Waals surface area contributed by atoms with E-state index in [0.29, 0.717) is 22.6 Å². The van der Waals surface area contributed by atoms with Crippen LogP contribution in [-0.4, -0.2) is 55.9 Å². The van der Waals surface area contributed by atoms with Crippen molar-refractivity contribution in [2.75, 3.05) is 17.5 Å². The average molecular weight is 770 g/mol. The van der Waals surface area contributed by atoms with Gasteiger partial charge in [0, 0.05) is 5.92 Å². The lowest BCUT2D eigenvalue weighted by molar-refractivity contribution is -0.143. The highest BCUT2D eigenvalue weighted by molar-refractivity contribution is 9.09. The van der Waals surface area contributed by atoms with E-state index in [1.807, 2.05) is 0 Å². The van der Waals surface area contributed by atoms with Crippen LogP contribution >= 0.6 is 39.1 Å². The molecule has 250 valence electrons. The first kappa shape index (κ1) is 33.6. The number of allylic oxidation sites excluding steroid dienone is 2. The van der Waals surface area contributed by atoms with Crippen LogP contribution in [0.1, 0.15) is 35.4 Å². The zero-order chi connectivity index (χ0) is 34.6. The smallest absolute Gasteiger partial charge is 0.416 e. The second-order valence-electron chi connectivity index (χ2n) is 11.7. The van der Waals surface area contributed by atoms with E-state index in [2.05, 4.69) is 15.9 Å². The van der Waals surface area contributed by atoms with Crippen LogP contribution in [0.5, 0.6) is 11.5 Å². The highest BCUT2D eigenvalue weighted by atomic mass is 79.9. The first-order chi connectivity index (χ1) is 21.8. The normalized spacial score (nSPS) is 30.7. The van der Waals surface area contributed by atoms with E-state index in [9.17, 15) is 50.6 Å². The molecule has 4 amide bonds. The van der Waals surface area contributed by atoms with Gasteiger partial charge in [0.1, 0.15) is 0 Å². The van der Waals surface area contributed by atoms with Crippen LogP contribution in [0, 0.1) is 17.8 Å². The minimum absolute atomic E-state index is 0.0308. The van der Waals surface area contributed by atoms with Crippen molar-refractivity contribution in [1.29, 1.82) is 0 Å². The van der Waals surface area contributed by atoms with Crippen LogP contribution < -0.4 is 9.64 Å². The summed E-state index contributed by atoms with van der Waals surface area (Å²) in [5.74, 6) is -9.19. The summed E-state index contributed by atoms with van der Waals surface area (Å²) in [6.07, 6.45) is -9.60. The Balaban J connectivity index is 1.51. The molecule has 6 rings (SSSR count). The largest absolute Gasteiger partial charge is 0.504 e. The average Bonchev–Trinajstić information content (AvgIpc) is 3.34. The van der Waals surface area contributed by atoms with Crippen molar-refractivity contribution in [3.05, 3.63) is 64.7 Å². The minimum atomic E-state index is -5.24. The van der Waals surface area contributed by atoms with E-state index in [1.165, 1.54) is 31.4 Å². The van der Waals surface area contributed by atoms with E-state index >= 15 is 0 Å². The quantitative estimate of drug-likeness (QED) is 0.128. The predicted octanol–water partition coefficient (Wildman–Crippen LogP) is 6.35. The number of imide groups is 2. The van der Waals surface area contributed by atoms with Gasteiger partial charge in [-0.2, -0.15) is 26.3 Å². The number of alkyl halides is 9. The Morgan fingerprint density at radius 3 is 2.11 bits per heavy atom. The molecule has 4 aliphatic rings. The number of ether oxygens (including phenoxy) is 1. The van der Waals surface area contributed by atoms with Crippen molar-refractivity contribution in [2.24, 2.45) is 17.8 Å². The van der Waals surface area contributed by atoms with Gasteiger partial charge in [-0.3, -0.25) is 24.1 Å². The number of carbonyl (C=O) groups excluding carboxylic acids is 4. The van der Waals surface area contributed by atoms with Crippen LogP contribution in [0.4, 0.5) is 32.0 Å². The number of rotatable bonds is 4. The number of likely N-dealkylation sites (tertiary alicyclic amines) is 1. The SMILES string of the molecule is COc1cc([C@H]2C3=CC[C@@H]4C(=O)N(c5cc(C(F)(F)F)cc(C(F)(F)F)c5)C(=O)[C@@H]4[C@@H]3C[C@@]3(Cl)C(=O)N(CBr)C(=O)[C@@]23Cl)ccc1O. The molecule has 17 heteroatoms. The maximum absolute atomic E-state index is 14.1. The number of phenols is 1. The van der Waals surface area contributed by atoms with Crippen molar-refractivity contribution in [2.45, 2.75) is 40.9 Å². The molecule has 1 N–H and O–H groups in total. The molecule has 2 aliphatic heterocycles. The Hall–Kier alpha value is -3.30. The molecule has 0 aromatic heterocycles. The van der Waals surface area contributed by atoms with Crippen molar-refractivity contribution < 1.29 is 55.4 Å². The van der Waals surface area contributed by atoms with Gasteiger partial charge < -0.3 is 9.84 Å². The number of benzene rings is 2. The van der Waals surface area contributed by atoms with Crippen LogP contribution in [0.2, 0.25) is 0 Å².